The number of nitrogens with one attached hydrogen (secondary N) is 1. The molecule has 0 aromatic heterocycles. The Morgan fingerprint density at radius 1 is 1.14 bits per heavy atom. The van der Waals surface area contributed by atoms with E-state index in [4.69, 9.17) is 27.9 Å². The average Bonchev–Trinajstić information content (AvgIpc) is 2.46. The van der Waals surface area contributed by atoms with Crippen LogP contribution in [0.25, 0.3) is 0 Å². The average molecular weight is 345 g/mol. The second-order valence-corrected chi connectivity index (χ2v) is 6.51. The molecule has 1 aliphatic rings. The van der Waals surface area contributed by atoms with E-state index in [0.29, 0.717) is 42.0 Å². The highest BCUT2D eigenvalue weighted by atomic mass is 35.5. The van der Waals surface area contributed by atoms with Gasteiger partial charge in [-0.25, -0.2) is 0 Å². The number of carbonyl (C=O) groups excluding carboxylic acids is 2. The predicted octanol–water partition coefficient (Wildman–Crippen LogP) is 2.82. The van der Waals surface area contributed by atoms with Gasteiger partial charge in [-0.15, -0.1) is 0 Å². The summed E-state index contributed by atoms with van der Waals surface area (Å²) in [5.41, 5.74) is -0.725. The Morgan fingerprint density at radius 3 is 2.23 bits per heavy atom. The number of rotatable bonds is 3. The van der Waals surface area contributed by atoms with Crippen molar-refractivity contribution in [1.29, 1.82) is 0 Å². The molecule has 120 valence electrons. The van der Waals surface area contributed by atoms with E-state index in [1.54, 1.807) is 36.9 Å². The zero-order chi connectivity index (χ0) is 16.3. The molecule has 0 aliphatic carbocycles. The van der Waals surface area contributed by atoms with Crippen molar-refractivity contribution >= 4 is 40.7 Å². The summed E-state index contributed by atoms with van der Waals surface area (Å²) in [5, 5.41) is 3.53. The molecular formula is C15H18Cl2N2O3. The molecule has 22 heavy (non-hydrogen) atoms. The lowest BCUT2D eigenvalue weighted by atomic mass is 9.90. The van der Waals surface area contributed by atoms with Crippen molar-refractivity contribution in [3.05, 3.63) is 28.2 Å². The zero-order valence-electron chi connectivity index (χ0n) is 12.5. The van der Waals surface area contributed by atoms with Gasteiger partial charge >= 0.3 is 0 Å². The molecule has 2 amide bonds. The van der Waals surface area contributed by atoms with Gasteiger partial charge in [0.1, 0.15) is 5.41 Å². The third kappa shape index (κ3) is 3.91. The molecule has 0 bridgehead atoms. The molecule has 1 aromatic carbocycles. The first-order valence-corrected chi connectivity index (χ1v) is 7.71. The van der Waals surface area contributed by atoms with Crippen LogP contribution in [0.1, 0.15) is 13.8 Å². The van der Waals surface area contributed by atoms with Crippen LogP contribution in [0.4, 0.5) is 5.69 Å². The van der Waals surface area contributed by atoms with E-state index in [1.165, 1.54) is 0 Å². The first-order valence-electron chi connectivity index (χ1n) is 6.95. The lowest BCUT2D eigenvalue weighted by Crippen LogP contribution is -2.51. The van der Waals surface area contributed by atoms with E-state index < -0.39 is 11.3 Å². The monoisotopic (exact) mass is 344 g/mol. The summed E-state index contributed by atoms with van der Waals surface area (Å²) in [4.78, 5) is 26.7. The molecule has 5 nitrogen and oxygen atoms in total. The van der Waals surface area contributed by atoms with E-state index in [1.807, 2.05) is 0 Å². The first-order chi connectivity index (χ1) is 10.3. The van der Waals surface area contributed by atoms with E-state index >= 15 is 0 Å². The highest BCUT2D eigenvalue weighted by Crippen LogP contribution is 2.26. The van der Waals surface area contributed by atoms with Crippen molar-refractivity contribution in [2.75, 3.05) is 31.6 Å². The maximum absolute atomic E-state index is 12.5. The van der Waals surface area contributed by atoms with Crippen LogP contribution in [0.5, 0.6) is 0 Å². The second-order valence-electron chi connectivity index (χ2n) is 5.64. The zero-order valence-corrected chi connectivity index (χ0v) is 14.0. The van der Waals surface area contributed by atoms with E-state index in [9.17, 15) is 9.59 Å². The number of anilines is 1. The largest absolute Gasteiger partial charge is 0.378 e. The van der Waals surface area contributed by atoms with Gasteiger partial charge in [-0.05, 0) is 32.0 Å². The Kier molecular flexibility index (Phi) is 5.32. The Morgan fingerprint density at radius 2 is 1.68 bits per heavy atom. The SMILES string of the molecule is CC(C)(C(=O)Nc1cc(Cl)cc(Cl)c1)C(=O)N1CCOCC1. The lowest BCUT2D eigenvalue weighted by Gasteiger charge is -2.33. The highest BCUT2D eigenvalue weighted by molar-refractivity contribution is 6.35. The van der Waals surface area contributed by atoms with Crippen LogP contribution >= 0.6 is 23.2 Å². The molecule has 1 N–H and O–H groups in total. The number of amides is 2. The maximum Gasteiger partial charge on any atom is 0.239 e. The van der Waals surface area contributed by atoms with Crippen LogP contribution < -0.4 is 5.32 Å². The van der Waals surface area contributed by atoms with Crippen molar-refractivity contribution < 1.29 is 14.3 Å². The highest BCUT2D eigenvalue weighted by Gasteiger charge is 2.39. The fourth-order valence-electron chi connectivity index (χ4n) is 2.17. The number of halogens is 2. The van der Waals surface area contributed by atoms with Gasteiger partial charge < -0.3 is 15.0 Å². The van der Waals surface area contributed by atoms with Crippen molar-refractivity contribution in [1.82, 2.24) is 4.90 Å². The van der Waals surface area contributed by atoms with E-state index in [0.717, 1.165) is 0 Å². The van der Waals surface area contributed by atoms with Crippen molar-refractivity contribution in [2.45, 2.75) is 13.8 Å². The maximum atomic E-state index is 12.5. The van der Waals surface area contributed by atoms with Gasteiger partial charge in [0.2, 0.25) is 11.8 Å². The predicted molar refractivity (Wildman–Crippen MR) is 86.3 cm³/mol. The molecule has 7 heteroatoms. The number of carbonyl (C=O) groups is 2. The topological polar surface area (TPSA) is 58.6 Å². The molecule has 0 saturated carbocycles. The Labute approximate surface area is 139 Å². The smallest absolute Gasteiger partial charge is 0.239 e. The quantitative estimate of drug-likeness (QED) is 0.857. The summed E-state index contributed by atoms with van der Waals surface area (Å²) in [6.07, 6.45) is 0. The van der Waals surface area contributed by atoms with Gasteiger partial charge in [0.15, 0.2) is 0 Å². The molecule has 1 aromatic rings. The Bertz CT molecular complexity index is 564. The molecule has 0 spiro atoms. The number of nitrogens with zero attached hydrogens (tertiary/aromatic N) is 1. The third-order valence-corrected chi connectivity index (χ3v) is 3.96. The molecule has 1 heterocycles. The molecule has 0 unspecified atom stereocenters. The van der Waals surface area contributed by atoms with Crippen LogP contribution in [-0.4, -0.2) is 43.0 Å². The van der Waals surface area contributed by atoms with Gasteiger partial charge in [0, 0.05) is 28.8 Å². The minimum Gasteiger partial charge on any atom is -0.378 e. The standard InChI is InChI=1S/C15H18Cl2N2O3/c1-15(2,14(21)19-3-5-22-6-4-19)13(20)18-12-8-10(16)7-11(17)9-12/h7-9H,3-6H2,1-2H3,(H,18,20). The van der Waals surface area contributed by atoms with Gasteiger partial charge in [-0.3, -0.25) is 9.59 Å². The minimum atomic E-state index is -1.19. The van der Waals surface area contributed by atoms with Crippen LogP contribution in [0, 0.1) is 5.41 Å². The number of hydrogen-bond acceptors (Lipinski definition) is 3. The summed E-state index contributed by atoms with van der Waals surface area (Å²) in [7, 11) is 0. The second kappa shape index (κ2) is 6.86. The van der Waals surface area contributed by atoms with E-state index in [2.05, 4.69) is 5.32 Å². The molecule has 0 atom stereocenters. The summed E-state index contributed by atoms with van der Waals surface area (Å²) < 4.78 is 5.22. The number of hydrogen-bond donors (Lipinski definition) is 1. The van der Waals surface area contributed by atoms with Gasteiger partial charge in [-0.1, -0.05) is 23.2 Å². The summed E-state index contributed by atoms with van der Waals surface area (Å²) >= 11 is 11.8. The fourth-order valence-corrected chi connectivity index (χ4v) is 2.70. The van der Waals surface area contributed by atoms with Crippen LogP contribution in [-0.2, 0) is 14.3 Å². The van der Waals surface area contributed by atoms with E-state index in [-0.39, 0.29) is 5.91 Å². The molecule has 2 rings (SSSR count). The number of benzene rings is 1. The molecular weight excluding hydrogens is 327 g/mol. The minimum absolute atomic E-state index is 0.221. The van der Waals surface area contributed by atoms with Crippen LogP contribution in [0.15, 0.2) is 18.2 Å². The molecule has 1 saturated heterocycles. The van der Waals surface area contributed by atoms with Crippen molar-refractivity contribution in [3.63, 3.8) is 0 Å². The summed E-state index contributed by atoms with van der Waals surface area (Å²) in [6, 6.07) is 4.74. The molecule has 0 radical (unpaired) electrons. The fraction of sp³-hybridized carbons (Fsp3) is 0.467. The van der Waals surface area contributed by atoms with Crippen molar-refractivity contribution in [3.8, 4) is 0 Å². The molecule has 1 fully saturated rings. The lowest BCUT2D eigenvalue weighted by molar-refractivity contribution is -0.149. The van der Waals surface area contributed by atoms with Crippen LogP contribution in [0.2, 0.25) is 10.0 Å². The normalized spacial score (nSPS) is 15.5. The van der Waals surface area contributed by atoms with Gasteiger partial charge in [0.25, 0.3) is 0 Å². The summed E-state index contributed by atoms with van der Waals surface area (Å²) in [6.45, 7) is 5.19. The molecule has 1 aliphatic heterocycles. The Balaban J connectivity index is 2.10. The number of ether oxygens (including phenoxy) is 1. The Hall–Kier alpha value is -1.30. The third-order valence-electron chi connectivity index (χ3n) is 3.52. The van der Waals surface area contributed by atoms with Gasteiger partial charge in [-0.2, -0.15) is 0 Å². The van der Waals surface area contributed by atoms with Crippen molar-refractivity contribution in [2.24, 2.45) is 5.41 Å². The van der Waals surface area contributed by atoms with Crippen LogP contribution in [0.3, 0.4) is 0 Å². The number of morpholine rings is 1. The summed E-state index contributed by atoms with van der Waals surface area (Å²) in [5.74, 6) is -0.622. The first kappa shape index (κ1) is 17.1. The van der Waals surface area contributed by atoms with Gasteiger partial charge in [0.05, 0.1) is 13.2 Å².